The van der Waals surface area contributed by atoms with Gasteiger partial charge in [0.05, 0.1) is 4.90 Å². The molecular formula is C16H17FN4O3S. The van der Waals surface area contributed by atoms with E-state index in [2.05, 4.69) is 14.7 Å². The van der Waals surface area contributed by atoms with Crippen molar-refractivity contribution in [1.29, 1.82) is 0 Å². The second kappa shape index (κ2) is 7.14. The van der Waals surface area contributed by atoms with Crippen LogP contribution in [0.15, 0.2) is 47.6 Å². The highest BCUT2D eigenvalue weighted by molar-refractivity contribution is 7.90. The number of anilines is 1. The van der Waals surface area contributed by atoms with Crippen molar-refractivity contribution in [2.75, 3.05) is 18.0 Å². The Bertz CT molecular complexity index is 835. The van der Waals surface area contributed by atoms with E-state index in [9.17, 15) is 17.6 Å². The highest BCUT2D eigenvalue weighted by Crippen LogP contribution is 2.21. The van der Waals surface area contributed by atoms with Gasteiger partial charge in [-0.25, -0.2) is 27.5 Å². The number of nitrogens with one attached hydrogen (secondary N) is 1. The molecule has 1 aromatic heterocycles. The molecule has 7 nitrogen and oxygen atoms in total. The zero-order chi connectivity index (χ0) is 17.9. The summed E-state index contributed by atoms with van der Waals surface area (Å²) in [7, 11) is -4.00. The highest BCUT2D eigenvalue weighted by atomic mass is 32.2. The van der Waals surface area contributed by atoms with E-state index in [1.54, 1.807) is 18.5 Å². The summed E-state index contributed by atoms with van der Waals surface area (Å²) in [4.78, 5) is 22.4. The van der Waals surface area contributed by atoms with E-state index in [1.807, 2.05) is 4.90 Å². The molecule has 3 rings (SSSR count). The Morgan fingerprint density at radius 2 is 1.72 bits per heavy atom. The maximum atomic E-state index is 12.9. The molecule has 1 aliphatic rings. The number of benzene rings is 1. The molecule has 0 aliphatic carbocycles. The third-order valence-corrected chi connectivity index (χ3v) is 5.42. The average molecular weight is 364 g/mol. The van der Waals surface area contributed by atoms with Crippen molar-refractivity contribution in [1.82, 2.24) is 14.7 Å². The standard InChI is InChI=1S/C16H17FN4O3S/c17-13-2-4-14(5-3-13)25(23,24)20-15(22)12-6-10-21(11-7-12)16-18-8-1-9-19-16/h1-5,8-9,12H,6-7,10-11H2,(H,20,22). The van der Waals surface area contributed by atoms with Gasteiger partial charge in [0.15, 0.2) is 0 Å². The normalized spacial score (nSPS) is 15.8. The number of halogens is 1. The van der Waals surface area contributed by atoms with Gasteiger partial charge in [-0.15, -0.1) is 0 Å². The number of nitrogens with zero attached hydrogens (tertiary/aromatic N) is 3. The van der Waals surface area contributed by atoms with Gasteiger partial charge in [-0.05, 0) is 43.2 Å². The first-order valence-corrected chi connectivity index (χ1v) is 9.28. The van der Waals surface area contributed by atoms with Crippen LogP contribution >= 0.6 is 0 Å². The third kappa shape index (κ3) is 4.11. The molecule has 1 aromatic carbocycles. The van der Waals surface area contributed by atoms with Gasteiger partial charge in [0.1, 0.15) is 5.82 Å². The van der Waals surface area contributed by atoms with Crippen molar-refractivity contribution < 1.29 is 17.6 Å². The van der Waals surface area contributed by atoms with E-state index in [-0.39, 0.29) is 4.90 Å². The minimum absolute atomic E-state index is 0.141. The van der Waals surface area contributed by atoms with Gasteiger partial charge in [-0.2, -0.15) is 0 Å². The molecule has 9 heteroatoms. The number of hydrogen-bond donors (Lipinski definition) is 1. The quantitative estimate of drug-likeness (QED) is 0.880. The summed E-state index contributed by atoms with van der Waals surface area (Å²) in [6.45, 7) is 1.14. The number of sulfonamides is 1. The Morgan fingerprint density at radius 1 is 1.12 bits per heavy atom. The molecule has 0 atom stereocenters. The van der Waals surface area contributed by atoms with Crippen LogP contribution in [-0.2, 0) is 14.8 Å². The minimum Gasteiger partial charge on any atom is -0.341 e. The van der Waals surface area contributed by atoms with E-state index in [0.29, 0.717) is 31.9 Å². The average Bonchev–Trinajstić information content (AvgIpc) is 2.62. The van der Waals surface area contributed by atoms with Crippen LogP contribution in [0, 0.1) is 11.7 Å². The van der Waals surface area contributed by atoms with E-state index in [0.717, 1.165) is 24.3 Å². The molecule has 1 N–H and O–H groups in total. The van der Waals surface area contributed by atoms with Crippen LogP contribution < -0.4 is 9.62 Å². The fourth-order valence-corrected chi connectivity index (χ4v) is 3.73. The highest BCUT2D eigenvalue weighted by Gasteiger charge is 2.29. The summed E-state index contributed by atoms with van der Waals surface area (Å²) in [6.07, 6.45) is 4.30. The van der Waals surface area contributed by atoms with Crippen LogP contribution in [0.1, 0.15) is 12.8 Å². The first-order chi connectivity index (χ1) is 12.0. The lowest BCUT2D eigenvalue weighted by Gasteiger charge is -2.31. The van der Waals surface area contributed by atoms with E-state index < -0.39 is 27.7 Å². The summed E-state index contributed by atoms with van der Waals surface area (Å²) in [6, 6.07) is 6.05. The van der Waals surface area contributed by atoms with Gasteiger partial charge in [-0.1, -0.05) is 0 Å². The lowest BCUT2D eigenvalue weighted by Crippen LogP contribution is -2.42. The summed E-state index contributed by atoms with van der Waals surface area (Å²) >= 11 is 0. The Kier molecular flexibility index (Phi) is 4.93. The van der Waals surface area contributed by atoms with Crippen molar-refractivity contribution in [2.24, 2.45) is 5.92 Å². The monoisotopic (exact) mass is 364 g/mol. The number of rotatable bonds is 4. The van der Waals surface area contributed by atoms with Crippen LogP contribution in [0.5, 0.6) is 0 Å². The predicted molar refractivity (Wildman–Crippen MR) is 88.7 cm³/mol. The molecule has 2 heterocycles. The third-order valence-electron chi connectivity index (χ3n) is 4.06. The van der Waals surface area contributed by atoms with Crippen LogP contribution in [0.25, 0.3) is 0 Å². The summed E-state index contributed by atoms with van der Waals surface area (Å²) in [5.74, 6) is -0.894. The molecule has 0 unspecified atom stereocenters. The van der Waals surface area contributed by atoms with E-state index >= 15 is 0 Å². The first kappa shape index (κ1) is 17.3. The first-order valence-electron chi connectivity index (χ1n) is 7.80. The molecule has 1 saturated heterocycles. The number of carbonyl (C=O) groups is 1. The van der Waals surface area contributed by atoms with Gasteiger partial charge < -0.3 is 4.90 Å². The maximum Gasteiger partial charge on any atom is 0.264 e. The Morgan fingerprint density at radius 3 is 2.32 bits per heavy atom. The Balaban J connectivity index is 1.60. The molecule has 25 heavy (non-hydrogen) atoms. The number of hydrogen-bond acceptors (Lipinski definition) is 6. The van der Waals surface area contributed by atoms with Gasteiger partial charge in [0, 0.05) is 31.4 Å². The van der Waals surface area contributed by atoms with E-state index in [1.165, 1.54) is 0 Å². The van der Waals surface area contributed by atoms with Gasteiger partial charge >= 0.3 is 0 Å². The summed E-state index contributed by atoms with van der Waals surface area (Å²) < 4.78 is 39.4. The van der Waals surface area contributed by atoms with Gasteiger partial charge in [0.25, 0.3) is 10.0 Å². The fraction of sp³-hybridized carbons (Fsp3) is 0.312. The van der Waals surface area contributed by atoms with Gasteiger partial charge in [0.2, 0.25) is 11.9 Å². The Labute approximate surface area is 145 Å². The second-order valence-corrected chi connectivity index (χ2v) is 7.42. The van der Waals surface area contributed by atoms with E-state index in [4.69, 9.17) is 0 Å². The number of carbonyl (C=O) groups excluding carboxylic acids is 1. The molecule has 0 radical (unpaired) electrons. The van der Waals surface area contributed by atoms with Crippen LogP contribution in [0.3, 0.4) is 0 Å². The van der Waals surface area contributed by atoms with Crippen LogP contribution in [-0.4, -0.2) is 37.4 Å². The summed E-state index contributed by atoms with van der Waals surface area (Å²) in [5, 5.41) is 0. The molecule has 2 aromatic rings. The minimum atomic E-state index is -4.00. The van der Waals surface area contributed by atoms with Crippen molar-refractivity contribution in [2.45, 2.75) is 17.7 Å². The molecule has 0 bridgehead atoms. The van der Waals surface area contributed by atoms with Crippen molar-refractivity contribution in [3.63, 3.8) is 0 Å². The Hall–Kier alpha value is -2.55. The second-order valence-electron chi connectivity index (χ2n) is 5.73. The van der Waals surface area contributed by atoms with Crippen molar-refractivity contribution in [3.8, 4) is 0 Å². The van der Waals surface area contributed by atoms with Crippen LogP contribution in [0.4, 0.5) is 10.3 Å². The molecule has 0 saturated carbocycles. The van der Waals surface area contributed by atoms with Crippen molar-refractivity contribution in [3.05, 3.63) is 48.5 Å². The number of piperidine rings is 1. The summed E-state index contributed by atoms with van der Waals surface area (Å²) in [5.41, 5.74) is 0. The van der Waals surface area contributed by atoms with Gasteiger partial charge in [-0.3, -0.25) is 4.79 Å². The molecule has 1 aliphatic heterocycles. The zero-order valence-corrected chi connectivity index (χ0v) is 14.1. The largest absolute Gasteiger partial charge is 0.341 e. The zero-order valence-electron chi connectivity index (χ0n) is 13.3. The predicted octanol–water partition coefficient (Wildman–Crippen LogP) is 1.34. The SMILES string of the molecule is O=C(NS(=O)(=O)c1ccc(F)cc1)C1CCN(c2ncccn2)CC1. The number of amides is 1. The lowest BCUT2D eigenvalue weighted by molar-refractivity contribution is -0.123. The van der Waals surface area contributed by atoms with Crippen LogP contribution in [0.2, 0.25) is 0 Å². The van der Waals surface area contributed by atoms with Crippen molar-refractivity contribution >= 4 is 21.9 Å². The topological polar surface area (TPSA) is 92.3 Å². The molecule has 0 spiro atoms. The number of aromatic nitrogens is 2. The molecule has 1 fully saturated rings. The molecule has 132 valence electrons. The fourth-order valence-electron chi connectivity index (χ4n) is 2.68. The molecular weight excluding hydrogens is 347 g/mol. The maximum absolute atomic E-state index is 12.9. The lowest BCUT2D eigenvalue weighted by atomic mass is 9.96. The smallest absolute Gasteiger partial charge is 0.264 e. The molecule has 1 amide bonds.